The Kier molecular flexibility index (Phi) is 6.12. The number of carbonyl (C=O) groups is 3. The first-order valence-corrected chi connectivity index (χ1v) is 11.9. The van der Waals surface area contributed by atoms with Crippen molar-refractivity contribution in [2.45, 2.75) is 49.1 Å². The number of benzene rings is 2. The van der Waals surface area contributed by atoms with Gasteiger partial charge in [0.2, 0.25) is 15.9 Å². The fraction of sp³-hybridized carbons (Fsp3) is 0.348. The second kappa shape index (κ2) is 8.84. The molecule has 2 fully saturated rings. The minimum absolute atomic E-state index is 0.105. The first-order valence-electron chi connectivity index (χ1n) is 10.5. The van der Waals surface area contributed by atoms with E-state index in [1.807, 2.05) is 0 Å². The highest BCUT2D eigenvalue weighted by Crippen LogP contribution is 2.35. The highest BCUT2D eigenvalue weighted by molar-refractivity contribution is 7.89. The molecule has 0 spiro atoms. The molecule has 2 aromatic rings. The monoisotopic (exact) mass is 456 g/mol. The maximum atomic E-state index is 13.5. The number of rotatable bonds is 6. The number of nitrogens with zero attached hydrogens (tertiary/aromatic N) is 2. The maximum absolute atomic E-state index is 13.5. The summed E-state index contributed by atoms with van der Waals surface area (Å²) in [4.78, 5) is 39.0. The van der Waals surface area contributed by atoms with Crippen LogP contribution in [-0.2, 0) is 24.3 Å². The Bertz CT molecular complexity index is 1120. The first kappa shape index (κ1) is 22.2. The number of anilines is 1. The zero-order valence-electron chi connectivity index (χ0n) is 17.6. The molecule has 32 heavy (non-hydrogen) atoms. The lowest BCUT2D eigenvalue weighted by atomic mass is 10.1. The number of methoxy groups -OCH3 is 1. The van der Waals surface area contributed by atoms with E-state index in [1.54, 1.807) is 18.2 Å². The van der Waals surface area contributed by atoms with Gasteiger partial charge in [0.1, 0.15) is 6.04 Å². The molecule has 2 aliphatic rings. The maximum Gasteiger partial charge on any atom is 0.337 e. The molecule has 1 saturated carbocycles. The van der Waals surface area contributed by atoms with E-state index in [2.05, 4.69) is 4.74 Å². The summed E-state index contributed by atoms with van der Waals surface area (Å²) in [6.07, 6.45) is 2.83. The molecular weight excluding hydrogens is 432 g/mol. The molecule has 0 N–H and O–H groups in total. The van der Waals surface area contributed by atoms with E-state index in [4.69, 9.17) is 0 Å². The average molecular weight is 457 g/mol. The number of sulfonamides is 1. The van der Waals surface area contributed by atoms with Gasteiger partial charge < -0.3 is 4.74 Å². The lowest BCUT2D eigenvalue weighted by Crippen LogP contribution is -2.49. The van der Waals surface area contributed by atoms with Crippen molar-refractivity contribution in [3.63, 3.8) is 0 Å². The predicted octanol–water partition coefficient (Wildman–Crippen LogP) is 2.74. The van der Waals surface area contributed by atoms with Gasteiger partial charge in [0, 0.05) is 6.04 Å². The third-order valence-electron chi connectivity index (χ3n) is 5.98. The molecule has 1 heterocycles. The van der Waals surface area contributed by atoms with Crippen LogP contribution >= 0.6 is 0 Å². The van der Waals surface area contributed by atoms with Crippen LogP contribution in [0.4, 0.5) is 5.69 Å². The van der Waals surface area contributed by atoms with Crippen molar-refractivity contribution in [1.29, 1.82) is 0 Å². The molecule has 0 bridgehead atoms. The average Bonchev–Trinajstić information content (AvgIpc) is 3.42. The summed E-state index contributed by atoms with van der Waals surface area (Å²) in [6, 6.07) is 12.5. The summed E-state index contributed by atoms with van der Waals surface area (Å²) in [5, 5.41) is 0. The van der Waals surface area contributed by atoms with E-state index in [0.29, 0.717) is 18.5 Å². The molecular formula is C23H24N2O6S. The fourth-order valence-electron chi connectivity index (χ4n) is 4.44. The van der Waals surface area contributed by atoms with E-state index in [1.165, 1.54) is 47.8 Å². The number of imide groups is 1. The van der Waals surface area contributed by atoms with Gasteiger partial charge in [-0.15, -0.1) is 0 Å². The molecule has 168 valence electrons. The Balaban J connectivity index is 1.68. The Morgan fingerprint density at radius 2 is 1.62 bits per heavy atom. The highest BCUT2D eigenvalue weighted by Gasteiger charge is 2.49. The lowest BCUT2D eigenvalue weighted by molar-refractivity contribution is -0.122. The SMILES string of the molecule is COC(=O)c1ccc(N2C(=O)CC(N(C3CCCC3)S(=O)(=O)c3ccccc3)C2=O)cc1. The Morgan fingerprint density at radius 3 is 2.22 bits per heavy atom. The van der Waals surface area contributed by atoms with Crippen LogP contribution in [0.15, 0.2) is 59.5 Å². The zero-order valence-corrected chi connectivity index (χ0v) is 18.5. The van der Waals surface area contributed by atoms with E-state index in [9.17, 15) is 22.8 Å². The van der Waals surface area contributed by atoms with Gasteiger partial charge in [0.15, 0.2) is 0 Å². The van der Waals surface area contributed by atoms with Gasteiger partial charge in [-0.2, -0.15) is 4.31 Å². The molecule has 2 amide bonds. The van der Waals surface area contributed by atoms with Crippen LogP contribution in [0.5, 0.6) is 0 Å². The van der Waals surface area contributed by atoms with Crippen LogP contribution in [0.1, 0.15) is 42.5 Å². The third-order valence-corrected chi connectivity index (χ3v) is 7.96. The van der Waals surface area contributed by atoms with Crippen molar-refractivity contribution in [1.82, 2.24) is 4.31 Å². The van der Waals surface area contributed by atoms with Crippen LogP contribution in [0.3, 0.4) is 0 Å². The molecule has 2 aromatic carbocycles. The smallest absolute Gasteiger partial charge is 0.337 e. The summed E-state index contributed by atoms with van der Waals surface area (Å²) in [6.45, 7) is 0. The quantitative estimate of drug-likeness (QED) is 0.489. The summed E-state index contributed by atoms with van der Waals surface area (Å²) < 4.78 is 33.0. The number of hydrogen-bond donors (Lipinski definition) is 0. The van der Waals surface area contributed by atoms with Crippen molar-refractivity contribution in [3.05, 3.63) is 60.2 Å². The Labute approximate surface area is 186 Å². The molecule has 1 aliphatic heterocycles. The Hall–Kier alpha value is -3.04. The standard InChI is InChI=1S/C23H24N2O6S/c1-31-23(28)16-11-13-17(14-12-16)24-21(26)15-20(22(24)27)25(18-7-5-6-8-18)32(29,30)19-9-3-2-4-10-19/h2-4,9-14,18,20H,5-8,15H2,1H3. The van der Waals surface area contributed by atoms with Gasteiger partial charge in [-0.1, -0.05) is 31.0 Å². The first-order chi connectivity index (χ1) is 15.3. The van der Waals surface area contributed by atoms with Crippen LogP contribution < -0.4 is 4.90 Å². The van der Waals surface area contributed by atoms with Gasteiger partial charge >= 0.3 is 5.97 Å². The van der Waals surface area contributed by atoms with Gasteiger partial charge in [-0.3, -0.25) is 9.59 Å². The van der Waals surface area contributed by atoms with E-state index in [-0.39, 0.29) is 22.9 Å². The molecule has 4 rings (SSSR count). The Morgan fingerprint density at radius 1 is 1.00 bits per heavy atom. The highest BCUT2D eigenvalue weighted by atomic mass is 32.2. The summed E-state index contributed by atoms with van der Waals surface area (Å²) in [7, 11) is -2.72. The zero-order chi connectivity index (χ0) is 22.9. The molecule has 1 saturated heterocycles. The fourth-order valence-corrected chi connectivity index (χ4v) is 6.29. The number of amides is 2. The topological polar surface area (TPSA) is 101 Å². The van der Waals surface area contributed by atoms with Crippen LogP contribution in [-0.4, -0.2) is 49.7 Å². The van der Waals surface area contributed by atoms with Crippen molar-refractivity contribution < 1.29 is 27.5 Å². The normalized spacial score (nSPS) is 19.7. The van der Waals surface area contributed by atoms with Crippen LogP contribution in [0.25, 0.3) is 0 Å². The summed E-state index contributed by atoms with van der Waals surface area (Å²) in [5.74, 6) is -1.58. The molecule has 0 aromatic heterocycles. The van der Waals surface area contributed by atoms with Gasteiger partial charge in [-0.05, 0) is 49.2 Å². The second-order valence-corrected chi connectivity index (χ2v) is 9.76. The number of ether oxygens (including phenoxy) is 1. The van der Waals surface area contributed by atoms with E-state index in [0.717, 1.165) is 17.7 Å². The lowest BCUT2D eigenvalue weighted by Gasteiger charge is -2.32. The number of carbonyl (C=O) groups excluding carboxylic acids is 3. The van der Waals surface area contributed by atoms with Crippen LogP contribution in [0.2, 0.25) is 0 Å². The molecule has 1 atom stereocenters. The van der Waals surface area contributed by atoms with Crippen molar-refractivity contribution >= 4 is 33.5 Å². The van der Waals surface area contributed by atoms with Gasteiger partial charge in [-0.25, -0.2) is 18.1 Å². The van der Waals surface area contributed by atoms with Crippen LogP contribution in [0, 0.1) is 0 Å². The minimum Gasteiger partial charge on any atom is -0.465 e. The summed E-state index contributed by atoms with van der Waals surface area (Å²) in [5.41, 5.74) is 0.574. The third kappa shape index (κ3) is 3.93. The largest absolute Gasteiger partial charge is 0.465 e. The van der Waals surface area contributed by atoms with Crippen molar-refractivity contribution in [2.75, 3.05) is 12.0 Å². The second-order valence-electron chi connectivity index (χ2n) is 7.91. The van der Waals surface area contributed by atoms with E-state index < -0.39 is 33.8 Å². The minimum atomic E-state index is -3.98. The van der Waals surface area contributed by atoms with Crippen molar-refractivity contribution in [3.8, 4) is 0 Å². The molecule has 8 nitrogen and oxygen atoms in total. The number of esters is 1. The summed E-state index contributed by atoms with van der Waals surface area (Å²) >= 11 is 0. The molecule has 1 unspecified atom stereocenters. The van der Waals surface area contributed by atoms with Gasteiger partial charge in [0.05, 0.1) is 29.7 Å². The van der Waals surface area contributed by atoms with E-state index >= 15 is 0 Å². The predicted molar refractivity (Wildman–Crippen MR) is 116 cm³/mol. The van der Waals surface area contributed by atoms with Crippen molar-refractivity contribution in [2.24, 2.45) is 0 Å². The number of hydrogen-bond acceptors (Lipinski definition) is 6. The molecule has 0 radical (unpaired) electrons. The van der Waals surface area contributed by atoms with Gasteiger partial charge in [0.25, 0.3) is 5.91 Å². The molecule has 9 heteroatoms. The molecule has 1 aliphatic carbocycles.